The first kappa shape index (κ1) is 12.7. The van der Waals surface area contributed by atoms with Crippen LogP contribution in [-0.4, -0.2) is 24.9 Å². The van der Waals surface area contributed by atoms with Crippen LogP contribution in [-0.2, 0) is 6.54 Å². The third kappa shape index (κ3) is 3.35. The molecule has 1 aromatic rings. The van der Waals surface area contributed by atoms with Gasteiger partial charge in [0.25, 0.3) is 0 Å². The number of methoxy groups -OCH3 is 1. The molecular formula is C13H18ClNO2. The summed E-state index contributed by atoms with van der Waals surface area (Å²) in [4.78, 5) is 0. The molecular weight excluding hydrogens is 238 g/mol. The van der Waals surface area contributed by atoms with Gasteiger partial charge in [0.15, 0.2) is 0 Å². The van der Waals surface area contributed by atoms with Gasteiger partial charge in [0, 0.05) is 23.7 Å². The van der Waals surface area contributed by atoms with Gasteiger partial charge in [-0.2, -0.15) is 0 Å². The number of rotatable bonds is 6. The molecule has 0 radical (unpaired) electrons. The number of aliphatic hydroxyl groups is 1. The summed E-state index contributed by atoms with van der Waals surface area (Å²) >= 11 is 6.12. The standard InChI is InChI=1S/C13H18ClNO2/c1-17-13-4-2-3-11(14)10(13)7-15-8-12(16)9-5-6-9/h2-4,9,12,15-16H,5-8H2,1H3. The second-order valence-corrected chi connectivity index (χ2v) is 4.86. The van der Waals surface area contributed by atoms with Crippen LogP contribution in [0.15, 0.2) is 18.2 Å². The molecule has 17 heavy (non-hydrogen) atoms. The maximum atomic E-state index is 9.74. The van der Waals surface area contributed by atoms with Crippen molar-refractivity contribution >= 4 is 11.6 Å². The van der Waals surface area contributed by atoms with E-state index < -0.39 is 0 Å². The van der Waals surface area contributed by atoms with Crippen LogP contribution in [0.2, 0.25) is 5.02 Å². The van der Waals surface area contributed by atoms with Gasteiger partial charge in [-0.3, -0.25) is 0 Å². The lowest BCUT2D eigenvalue weighted by atomic mass is 10.2. The summed E-state index contributed by atoms with van der Waals surface area (Å²) in [6.07, 6.45) is 2.07. The molecule has 1 aromatic carbocycles. The second-order valence-electron chi connectivity index (χ2n) is 4.46. The predicted octanol–water partition coefficient (Wildman–Crippen LogP) is 2.21. The van der Waals surface area contributed by atoms with E-state index in [1.165, 1.54) is 0 Å². The zero-order chi connectivity index (χ0) is 12.3. The minimum absolute atomic E-state index is 0.233. The largest absolute Gasteiger partial charge is 0.496 e. The average Bonchev–Trinajstić information content (AvgIpc) is 3.14. The normalized spacial score (nSPS) is 16.9. The van der Waals surface area contributed by atoms with Crippen LogP contribution in [0.1, 0.15) is 18.4 Å². The molecule has 1 unspecified atom stereocenters. The number of hydrogen-bond acceptors (Lipinski definition) is 3. The van der Waals surface area contributed by atoms with Crippen molar-refractivity contribution in [3.8, 4) is 5.75 Å². The first-order valence-corrected chi connectivity index (χ1v) is 6.30. The summed E-state index contributed by atoms with van der Waals surface area (Å²) in [5, 5.41) is 13.7. The highest BCUT2D eigenvalue weighted by Gasteiger charge is 2.29. The Morgan fingerprint density at radius 2 is 2.29 bits per heavy atom. The van der Waals surface area contributed by atoms with Gasteiger partial charge in [-0.25, -0.2) is 0 Å². The van der Waals surface area contributed by atoms with Gasteiger partial charge < -0.3 is 15.2 Å². The third-order valence-electron chi connectivity index (χ3n) is 3.12. The van der Waals surface area contributed by atoms with Crippen molar-refractivity contribution in [1.29, 1.82) is 0 Å². The van der Waals surface area contributed by atoms with Crippen molar-refractivity contribution < 1.29 is 9.84 Å². The fourth-order valence-electron chi connectivity index (χ4n) is 1.89. The summed E-state index contributed by atoms with van der Waals surface area (Å²) in [5.74, 6) is 1.28. The van der Waals surface area contributed by atoms with Crippen molar-refractivity contribution in [3.63, 3.8) is 0 Å². The second kappa shape index (κ2) is 5.71. The van der Waals surface area contributed by atoms with Crippen LogP contribution in [0, 0.1) is 5.92 Å². The molecule has 2 N–H and O–H groups in total. The van der Waals surface area contributed by atoms with E-state index in [1.807, 2.05) is 18.2 Å². The highest BCUT2D eigenvalue weighted by molar-refractivity contribution is 6.31. The Hall–Kier alpha value is -0.770. The Kier molecular flexibility index (Phi) is 4.26. The summed E-state index contributed by atoms with van der Waals surface area (Å²) in [6.45, 7) is 1.23. The molecule has 0 spiro atoms. The highest BCUT2D eigenvalue weighted by atomic mass is 35.5. The first-order chi connectivity index (χ1) is 8.22. The predicted molar refractivity (Wildman–Crippen MR) is 68.4 cm³/mol. The van der Waals surface area contributed by atoms with E-state index in [0.29, 0.717) is 24.0 Å². The molecule has 94 valence electrons. The van der Waals surface area contributed by atoms with Gasteiger partial charge in [-0.15, -0.1) is 0 Å². The molecule has 1 aliphatic rings. The lowest BCUT2D eigenvalue weighted by molar-refractivity contribution is 0.148. The molecule has 4 heteroatoms. The molecule has 0 saturated heterocycles. The van der Waals surface area contributed by atoms with Crippen molar-refractivity contribution in [2.75, 3.05) is 13.7 Å². The van der Waals surface area contributed by atoms with E-state index in [2.05, 4.69) is 5.32 Å². The maximum Gasteiger partial charge on any atom is 0.124 e. The van der Waals surface area contributed by atoms with Gasteiger partial charge in [-0.1, -0.05) is 17.7 Å². The smallest absolute Gasteiger partial charge is 0.124 e. The Morgan fingerprint density at radius 3 is 2.94 bits per heavy atom. The molecule has 3 nitrogen and oxygen atoms in total. The summed E-state index contributed by atoms with van der Waals surface area (Å²) in [5.41, 5.74) is 0.944. The van der Waals surface area contributed by atoms with Gasteiger partial charge in [0.2, 0.25) is 0 Å². The van der Waals surface area contributed by atoms with E-state index >= 15 is 0 Å². The molecule has 1 atom stereocenters. The number of benzene rings is 1. The lowest BCUT2D eigenvalue weighted by Crippen LogP contribution is -2.28. The van der Waals surface area contributed by atoms with Crippen LogP contribution in [0.25, 0.3) is 0 Å². The molecule has 1 fully saturated rings. The zero-order valence-corrected chi connectivity index (χ0v) is 10.7. The number of nitrogens with one attached hydrogen (secondary N) is 1. The molecule has 1 aliphatic carbocycles. The first-order valence-electron chi connectivity index (χ1n) is 5.92. The molecule has 0 amide bonds. The number of ether oxygens (including phenoxy) is 1. The highest BCUT2D eigenvalue weighted by Crippen LogP contribution is 2.32. The molecule has 1 saturated carbocycles. The number of aliphatic hydroxyl groups excluding tert-OH is 1. The van der Waals surface area contributed by atoms with Crippen molar-refractivity contribution in [2.45, 2.75) is 25.5 Å². The summed E-state index contributed by atoms with van der Waals surface area (Å²) in [7, 11) is 1.63. The van der Waals surface area contributed by atoms with E-state index in [0.717, 1.165) is 24.2 Å². The van der Waals surface area contributed by atoms with Crippen LogP contribution < -0.4 is 10.1 Å². The minimum Gasteiger partial charge on any atom is -0.496 e. The molecule has 0 bridgehead atoms. The molecule has 0 aromatic heterocycles. The SMILES string of the molecule is COc1cccc(Cl)c1CNCC(O)C1CC1. The van der Waals surface area contributed by atoms with Crippen LogP contribution >= 0.6 is 11.6 Å². The van der Waals surface area contributed by atoms with E-state index in [-0.39, 0.29) is 6.10 Å². The van der Waals surface area contributed by atoms with Gasteiger partial charge in [0.1, 0.15) is 5.75 Å². The monoisotopic (exact) mass is 255 g/mol. The van der Waals surface area contributed by atoms with Crippen LogP contribution in [0.5, 0.6) is 5.75 Å². The van der Waals surface area contributed by atoms with Crippen LogP contribution in [0.4, 0.5) is 0 Å². The quantitative estimate of drug-likeness (QED) is 0.819. The molecule has 0 heterocycles. The Morgan fingerprint density at radius 1 is 1.53 bits per heavy atom. The molecule has 0 aliphatic heterocycles. The van der Waals surface area contributed by atoms with E-state index in [9.17, 15) is 5.11 Å². The lowest BCUT2D eigenvalue weighted by Gasteiger charge is -2.13. The van der Waals surface area contributed by atoms with Crippen molar-refractivity contribution in [1.82, 2.24) is 5.32 Å². The fraction of sp³-hybridized carbons (Fsp3) is 0.538. The van der Waals surface area contributed by atoms with Gasteiger partial charge in [-0.05, 0) is 30.9 Å². The topological polar surface area (TPSA) is 41.5 Å². The minimum atomic E-state index is -0.233. The third-order valence-corrected chi connectivity index (χ3v) is 3.47. The Balaban J connectivity index is 1.88. The van der Waals surface area contributed by atoms with Crippen molar-refractivity contribution in [2.24, 2.45) is 5.92 Å². The average molecular weight is 256 g/mol. The van der Waals surface area contributed by atoms with E-state index in [1.54, 1.807) is 7.11 Å². The number of hydrogen-bond donors (Lipinski definition) is 2. The van der Waals surface area contributed by atoms with Crippen LogP contribution in [0.3, 0.4) is 0 Å². The maximum absolute atomic E-state index is 9.74. The number of halogens is 1. The van der Waals surface area contributed by atoms with E-state index in [4.69, 9.17) is 16.3 Å². The van der Waals surface area contributed by atoms with Crippen molar-refractivity contribution in [3.05, 3.63) is 28.8 Å². The summed E-state index contributed by atoms with van der Waals surface area (Å²) < 4.78 is 5.26. The summed E-state index contributed by atoms with van der Waals surface area (Å²) in [6, 6.07) is 5.60. The molecule has 2 rings (SSSR count). The van der Waals surface area contributed by atoms with Gasteiger partial charge in [0.05, 0.1) is 13.2 Å². The Labute approximate surface area is 107 Å². The Bertz CT molecular complexity index is 380. The zero-order valence-electron chi connectivity index (χ0n) is 9.95. The van der Waals surface area contributed by atoms with Gasteiger partial charge >= 0.3 is 0 Å². The fourth-order valence-corrected chi connectivity index (χ4v) is 2.13.